The Morgan fingerprint density at radius 1 is 1.10 bits per heavy atom. The van der Waals surface area contributed by atoms with Crippen LogP contribution in [0.1, 0.15) is 22.3 Å². The summed E-state index contributed by atoms with van der Waals surface area (Å²) in [6.07, 6.45) is 1.62. The molecule has 2 aromatic carbocycles. The van der Waals surface area contributed by atoms with Gasteiger partial charge in [0.05, 0.1) is 23.8 Å². The van der Waals surface area contributed by atoms with Crippen molar-refractivity contribution in [3.05, 3.63) is 76.3 Å². The van der Waals surface area contributed by atoms with Crippen molar-refractivity contribution in [2.45, 2.75) is 13.0 Å². The Morgan fingerprint density at radius 3 is 2.57 bits per heavy atom. The maximum absolute atomic E-state index is 12.4. The first-order valence-corrected chi connectivity index (χ1v) is 9.47. The number of carbonyl (C=O) groups excluding carboxylic acids is 2. The van der Waals surface area contributed by atoms with Crippen LogP contribution in [0.25, 0.3) is 10.9 Å². The van der Waals surface area contributed by atoms with E-state index in [1.54, 1.807) is 56.6 Å². The average Bonchev–Trinajstić information content (AvgIpc) is 2.76. The lowest BCUT2D eigenvalue weighted by molar-refractivity contribution is -0.121. The fourth-order valence-electron chi connectivity index (χ4n) is 2.82. The monoisotopic (exact) mass is 402 g/mol. The second kappa shape index (κ2) is 9.52. The molecule has 0 fully saturated rings. The van der Waals surface area contributed by atoms with E-state index >= 15 is 0 Å². The molecule has 3 rings (SSSR count). The zero-order chi connectivity index (χ0) is 21.5. The molecule has 2 amide bonds. The highest BCUT2D eigenvalue weighted by atomic mass is 16.2. The quantitative estimate of drug-likeness (QED) is 0.658. The first-order chi connectivity index (χ1) is 14.5. The van der Waals surface area contributed by atoms with Crippen LogP contribution in [0.4, 0.5) is 0 Å². The molecule has 30 heavy (non-hydrogen) atoms. The van der Waals surface area contributed by atoms with Gasteiger partial charge in [0.1, 0.15) is 0 Å². The van der Waals surface area contributed by atoms with E-state index in [-0.39, 0.29) is 36.9 Å². The van der Waals surface area contributed by atoms with Crippen molar-refractivity contribution in [3.63, 3.8) is 0 Å². The third-order valence-electron chi connectivity index (χ3n) is 4.46. The van der Waals surface area contributed by atoms with Crippen LogP contribution < -0.4 is 10.9 Å². The van der Waals surface area contributed by atoms with Crippen molar-refractivity contribution >= 4 is 22.7 Å². The molecule has 1 heterocycles. The molecule has 0 saturated carbocycles. The van der Waals surface area contributed by atoms with Crippen LogP contribution >= 0.6 is 0 Å². The molecule has 0 bridgehead atoms. The van der Waals surface area contributed by atoms with Gasteiger partial charge in [0.2, 0.25) is 5.91 Å². The second-order valence-electron chi connectivity index (χ2n) is 6.87. The predicted molar refractivity (Wildman–Crippen MR) is 115 cm³/mol. The fourth-order valence-corrected chi connectivity index (χ4v) is 2.82. The summed E-state index contributed by atoms with van der Waals surface area (Å²) >= 11 is 0. The van der Waals surface area contributed by atoms with Crippen LogP contribution in [0.2, 0.25) is 0 Å². The number of para-hydroxylation sites is 1. The molecule has 7 heteroatoms. The number of hydrogen-bond acceptors (Lipinski definition) is 4. The van der Waals surface area contributed by atoms with Crippen LogP contribution in [0.15, 0.2) is 59.7 Å². The summed E-state index contributed by atoms with van der Waals surface area (Å²) in [5, 5.41) is 3.25. The van der Waals surface area contributed by atoms with Gasteiger partial charge < -0.3 is 10.2 Å². The van der Waals surface area contributed by atoms with Gasteiger partial charge in [-0.15, -0.1) is 0 Å². The van der Waals surface area contributed by atoms with Crippen molar-refractivity contribution in [1.29, 1.82) is 0 Å². The van der Waals surface area contributed by atoms with Crippen molar-refractivity contribution in [1.82, 2.24) is 19.8 Å². The lowest BCUT2D eigenvalue weighted by atomic mass is 10.1. The Kier molecular flexibility index (Phi) is 6.60. The minimum Gasteiger partial charge on any atom is -0.345 e. The molecule has 0 spiro atoms. The van der Waals surface area contributed by atoms with Gasteiger partial charge in [0.25, 0.3) is 11.5 Å². The number of nitrogens with zero attached hydrogens (tertiary/aromatic N) is 3. The summed E-state index contributed by atoms with van der Waals surface area (Å²) in [6.45, 7) is 0.444. The zero-order valence-corrected chi connectivity index (χ0v) is 16.9. The largest absolute Gasteiger partial charge is 0.345 e. The first-order valence-electron chi connectivity index (χ1n) is 9.47. The maximum Gasteiger partial charge on any atom is 0.261 e. The van der Waals surface area contributed by atoms with Crippen LogP contribution in [0.5, 0.6) is 0 Å². The number of aromatic nitrogens is 2. The van der Waals surface area contributed by atoms with E-state index in [1.807, 2.05) is 6.07 Å². The standard InChI is InChI=1S/C23H22N4O3/c1-26(2)22(29)18-11-9-17(10-12-18)6-5-14-24-21(28)13-15-27-16-25-20-8-4-3-7-19(20)23(27)30/h3-4,7-12,16H,13-15H2,1-2H3,(H,24,28). The van der Waals surface area contributed by atoms with Crippen LogP contribution in [-0.4, -0.2) is 46.9 Å². The molecule has 152 valence electrons. The summed E-state index contributed by atoms with van der Waals surface area (Å²) in [5.41, 5.74) is 1.83. The van der Waals surface area contributed by atoms with E-state index in [4.69, 9.17) is 0 Å². The fraction of sp³-hybridized carbons (Fsp3) is 0.217. The van der Waals surface area contributed by atoms with Gasteiger partial charge in [0.15, 0.2) is 0 Å². The number of nitrogens with one attached hydrogen (secondary N) is 1. The van der Waals surface area contributed by atoms with Crippen molar-refractivity contribution < 1.29 is 9.59 Å². The highest BCUT2D eigenvalue weighted by molar-refractivity contribution is 5.93. The number of aryl methyl sites for hydroxylation is 1. The third-order valence-corrected chi connectivity index (χ3v) is 4.46. The lowest BCUT2D eigenvalue weighted by Gasteiger charge is -2.09. The van der Waals surface area contributed by atoms with Crippen LogP contribution in [0, 0.1) is 11.8 Å². The molecule has 0 unspecified atom stereocenters. The summed E-state index contributed by atoms with van der Waals surface area (Å²) in [4.78, 5) is 42.0. The second-order valence-corrected chi connectivity index (χ2v) is 6.87. The summed E-state index contributed by atoms with van der Waals surface area (Å²) in [6, 6.07) is 14.1. The summed E-state index contributed by atoms with van der Waals surface area (Å²) in [7, 11) is 3.40. The highest BCUT2D eigenvalue weighted by Crippen LogP contribution is 2.06. The van der Waals surface area contributed by atoms with Gasteiger partial charge >= 0.3 is 0 Å². The summed E-state index contributed by atoms with van der Waals surface area (Å²) < 4.78 is 1.43. The number of carbonyl (C=O) groups is 2. The highest BCUT2D eigenvalue weighted by Gasteiger charge is 2.07. The first kappa shape index (κ1) is 20.8. The van der Waals surface area contributed by atoms with E-state index in [9.17, 15) is 14.4 Å². The van der Waals surface area contributed by atoms with Gasteiger partial charge in [-0.2, -0.15) is 0 Å². The molecule has 0 radical (unpaired) electrons. The molecular weight excluding hydrogens is 380 g/mol. The molecule has 0 aliphatic rings. The number of hydrogen-bond donors (Lipinski definition) is 1. The molecule has 0 atom stereocenters. The minimum atomic E-state index is -0.198. The van der Waals surface area contributed by atoms with Gasteiger partial charge in [-0.3, -0.25) is 19.0 Å². The molecule has 1 aromatic heterocycles. The van der Waals surface area contributed by atoms with Gasteiger partial charge in [-0.05, 0) is 36.4 Å². The predicted octanol–water partition coefficient (Wildman–Crippen LogP) is 1.66. The minimum absolute atomic E-state index is 0.0671. The van der Waals surface area contributed by atoms with Crippen LogP contribution in [0.3, 0.4) is 0 Å². The maximum atomic E-state index is 12.4. The Balaban J connectivity index is 1.50. The van der Waals surface area contributed by atoms with E-state index in [2.05, 4.69) is 22.1 Å². The molecule has 7 nitrogen and oxygen atoms in total. The van der Waals surface area contributed by atoms with Gasteiger partial charge in [-0.1, -0.05) is 24.0 Å². The van der Waals surface area contributed by atoms with Crippen molar-refractivity contribution in [3.8, 4) is 11.8 Å². The van der Waals surface area contributed by atoms with E-state index in [0.29, 0.717) is 16.5 Å². The molecule has 0 saturated heterocycles. The zero-order valence-electron chi connectivity index (χ0n) is 16.9. The number of benzene rings is 2. The Bertz CT molecular complexity index is 1180. The molecule has 3 aromatic rings. The number of rotatable bonds is 5. The smallest absolute Gasteiger partial charge is 0.261 e. The van der Waals surface area contributed by atoms with Gasteiger partial charge in [-0.25, -0.2) is 4.98 Å². The van der Waals surface area contributed by atoms with E-state index in [0.717, 1.165) is 5.56 Å². The molecule has 0 aliphatic heterocycles. The van der Waals surface area contributed by atoms with E-state index < -0.39 is 0 Å². The molecular formula is C23H22N4O3. The van der Waals surface area contributed by atoms with Gasteiger partial charge in [0, 0.05) is 38.2 Å². The Hall–Kier alpha value is -3.92. The lowest BCUT2D eigenvalue weighted by Crippen LogP contribution is -2.27. The molecule has 0 aliphatic carbocycles. The topological polar surface area (TPSA) is 84.3 Å². The molecule has 1 N–H and O–H groups in total. The Morgan fingerprint density at radius 2 is 1.83 bits per heavy atom. The number of amides is 2. The third kappa shape index (κ3) is 5.11. The SMILES string of the molecule is CN(C)C(=O)c1ccc(C#CCNC(=O)CCn2cnc3ccccc3c2=O)cc1. The van der Waals surface area contributed by atoms with Crippen molar-refractivity contribution in [2.24, 2.45) is 0 Å². The average molecular weight is 402 g/mol. The normalized spacial score (nSPS) is 10.2. The summed E-state index contributed by atoms with van der Waals surface area (Å²) in [5.74, 6) is 5.56. The Labute approximate surface area is 174 Å². The van der Waals surface area contributed by atoms with Crippen molar-refractivity contribution in [2.75, 3.05) is 20.6 Å². The van der Waals surface area contributed by atoms with Crippen LogP contribution in [-0.2, 0) is 11.3 Å². The number of fused-ring (bicyclic) bond motifs is 1. The van der Waals surface area contributed by atoms with E-state index in [1.165, 1.54) is 15.8 Å².